The van der Waals surface area contributed by atoms with Crippen molar-refractivity contribution in [3.05, 3.63) is 123 Å². The molecular weight excluding hydrogens is 911 g/mol. The second-order valence-electron chi connectivity index (χ2n) is 16.0. The average Bonchev–Trinajstić information content (AvgIpc) is 3.31. The summed E-state index contributed by atoms with van der Waals surface area (Å²) in [6.07, 6.45) is 1.02. The van der Waals surface area contributed by atoms with Crippen molar-refractivity contribution in [1.82, 2.24) is 16.0 Å². The molecule has 21 heteroatoms. The molecule has 4 aromatic rings. The molecule has 1 aliphatic carbocycles. The van der Waals surface area contributed by atoms with Gasteiger partial charge in [-0.2, -0.15) is 0 Å². The summed E-state index contributed by atoms with van der Waals surface area (Å²) in [4.78, 5) is 91.0. The Morgan fingerprint density at radius 2 is 1.57 bits per heavy atom. The molecule has 0 unspecified atom stereocenters. The van der Waals surface area contributed by atoms with E-state index in [9.17, 15) is 48.9 Å². The van der Waals surface area contributed by atoms with Crippen LogP contribution in [0.5, 0.6) is 5.75 Å². The van der Waals surface area contributed by atoms with Crippen molar-refractivity contribution >= 4 is 86.6 Å². The number of nitrogens with two attached hydrogens (primary N) is 2. The molecule has 0 saturated heterocycles. The number of aliphatic hydroxyl groups excluding tert-OH is 1. The van der Waals surface area contributed by atoms with Crippen molar-refractivity contribution in [2.45, 2.75) is 44.3 Å². The van der Waals surface area contributed by atoms with E-state index in [0.29, 0.717) is 58.4 Å². The molecule has 356 valence electrons. The first kappa shape index (κ1) is 48.5. The number of carbonyl (C=O) groups is 6. The lowest BCUT2D eigenvalue weighted by Crippen LogP contribution is -2.54. The zero-order valence-electron chi connectivity index (χ0n) is 36.6. The standard InChI is InChI=1S/C48H47N9O11S/c49-15-2-1-3-36-45(64)57-38(23-58)46(65)56-37-17-24(43(50)62)4-5-25(37)22-52-35-13-7-26(19-34(35)44(63)55-36)53-41(61)14-16-51-48(69)54-27-6-10-30(33(18-27)47(66)67)42-31-11-8-28(59)20-39(31)68-40-21-29(60)9-12-32(40)42/h4-13,17-21,36,38,52,58-59H,1-3,14-16,22-23,49H2,(H2,50,62)(H,53,61)(H,55,63)(H,56,65)(H,57,64)(H,66,67)(H2,51,54,69)/t36-,38-/m0/s1. The zero-order valence-corrected chi connectivity index (χ0v) is 37.5. The number of carboxylic acids is 1. The number of nitrogens with one attached hydrogen (secondary N) is 7. The van der Waals surface area contributed by atoms with Gasteiger partial charge in [0.25, 0.3) is 5.91 Å². The SMILES string of the molecule is NCCCC[C@@H]1NC(=O)c2cc(NC(=O)CCNC(=S)Nc3ccc(-c4c5ccc(=O)cc-5oc5cc(O)ccc45)c(C(=O)O)c3)ccc2NCc2ccc(C(N)=O)cc2NC(=O)[C@H](CO)NC1=O. The molecule has 0 aromatic heterocycles. The molecule has 20 nitrogen and oxygen atoms in total. The fourth-order valence-electron chi connectivity index (χ4n) is 7.69. The van der Waals surface area contributed by atoms with Gasteiger partial charge >= 0.3 is 5.97 Å². The Morgan fingerprint density at radius 3 is 2.32 bits per heavy atom. The Balaban J connectivity index is 1.06. The van der Waals surface area contributed by atoms with E-state index in [-0.39, 0.29) is 81.6 Å². The summed E-state index contributed by atoms with van der Waals surface area (Å²) in [5.41, 5.74) is 13.9. The number of fused-ring (bicyclic) bond motifs is 4. The summed E-state index contributed by atoms with van der Waals surface area (Å²) < 4.78 is 5.90. The van der Waals surface area contributed by atoms with Gasteiger partial charge in [-0.1, -0.05) is 12.1 Å². The van der Waals surface area contributed by atoms with Crippen LogP contribution >= 0.6 is 12.2 Å². The molecule has 4 aromatic carbocycles. The van der Waals surface area contributed by atoms with Gasteiger partial charge in [-0.05, 0) is 116 Å². The van der Waals surface area contributed by atoms with Crippen LogP contribution in [0.3, 0.4) is 0 Å². The van der Waals surface area contributed by atoms with Gasteiger partial charge in [-0.15, -0.1) is 0 Å². The summed E-state index contributed by atoms with van der Waals surface area (Å²) in [5.74, 6) is -4.56. The molecule has 14 N–H and O–H groups in total. The Labute approximate surface area is 398 Å². The number of primary amides is 1. The fourth-order valence-corrected chi connectivity index (χ4v) is 7.91. The Bertz CT molecular complexity index is 3050. The van der Waals surface area contributed by atoms with Crippen LogP contribution < -0.4 is 54.1 Å². The molecular formula is C48H47N9O11S. The minimum Gasteiger partial charge on any atom is -0.508 e. The number of amides is 5. The van der Waals surface area contributed by atoms with Crippen molar-refractivity contribution in [3.8, 4) is 28.2 Å². The Morgan fingerprint density at radius 1 is 0.797 bits per heavy atom. The predicted octanol–water partition coefficient (Wildman–Crippen LogP) is 3.65. The number of anilines is 4. The summed E-state index contributed by atoms with van der Waals surface area (Å²) in [6, 6.07) is 19.5. The number of aromatic hydroxyl groups is 1. The Kier molecular flexibility index (Phi) is 15.1. The lowest BCUT2D eigenvalue weighted by Gasteiger charge is -2.24. The molecule has 2 aliphatic heterocycles. The molecule has 0 fully saturated rings. The minimum absolute atomic E-state index is 0.0202. The summed E-state index contributed by atoms with van der Waals surface area (Å²) in [7, 11) is 0. The van der Waals surface area contributed by atoms with Crippen molar-refractivity contribution in [1.29, 1.82) is 0 Å². The molecule has 0 radical (unpaired) electrons. The van der Waals surface area contributed by atoms with E-state index < -0.39 is 54.2 Å². The highest BCUT2D eigenvalue weighted by atomic mass is 32.1. The number of carbonyl (C=O) groups excluding carboxylic acids is 5. The molecule has 5 amide bonds. The first-order chi connectivity index (χ1) is 33.1. The van der Waals surface area contributed by atoms with Gasteiger partial charge in [0.15, 0.2) is 10.5 Å². The van der Waals surface area contributed by atoms with E-state index in [4.69, 9.17) is 28.1 Å². The number of hydrogen-bond donors (Lipinski definition) is 12. The number of benzene rings is 5. The second-order valence-corrected chi connectivity index (χ2v) is 16.4. The number of phenolic OH excluding ortho intramolecular Hbond substituents is 1. The normalized spacial score (nSPS) is 15.0. The number of aliphatic hydroxyl groups is 1. The second kappa shape index (κ2) is 21.5. The first-order valence-corrected chi connectivity index (χ1v) is 22.0. The maximum Gasteiger partial charge on any atom is 0.336 e. The molecule has 69 heavy (non-hydrogen) atoms. The molecule has 2 atom stereocenters. The van der Waals surface area contributed by atoms with E-state index >= 15 is 0 Å². The number of aromatic carboxylic acids is 1. The number of hydrogen-bond acceptors (Lipinski definition) is 13. The highest BCUT2D eigenvalue weighted by Gasteiger charge is 2.29. The third kappa shape index (κ3) is 11.6. The quantitative estimate of drug-likeness (QED) is 0.0447. The largest absolute Gasteiger partial charge is 0.508 e. The van der Waals surface area contributed by atoms with Gasteiger partial charge in [-0.25, -0.2) is 4.79 Å². The maximum absolute atomic E-state index is 14.0. The minimum atomic E-state index is -1.42. The third-order valence-electron chi connectivity index (χ3n) is 11.1. The van der Waals surface area contributed by atoms with E-state index in [2.05, 4.69) is 37.2 Å². The smallest absolute Gasteiger partial charge is 0.336 e. The van der Waals surface area contributed by atoms with Crippen LogP contribution in [0.25, 0.3) is 33.4 Å². The molecule has 2 heterocycles. The summed E-state index contributed by atoms with van der Waals surface area (Å²) >= 11 is 5.47. The van der Waals surface area contributed by atoms with Crippen LogP contribution in [-0.4, -0.2) is 87.7 Å². The number of carboxylic acid groups (broad SMARTS) is 1. The van der Waals surface area contributed by atoms with Crippen LogP contribution in [0.4, 0.5) is 22.7 Å². The van der Waals surface area contributed by atoms with Gasteiger partial charge in [0.1, 0.15) is 29.2 Å². The zero-order chi connectivity index (χ0) is 49.4. The summed E-state index contributed by atoms with van der Waals surface area (Å²) in [5, 5.41) is 50.8. The summed E-state index contributed by atoms with van der Waals surface area (Å²) in [6.45, 7) is -0.391. The molecule has 0 spiro atoms. The van der Waals surface area contributed by atoms with E-state index in [1.54, 1.807) is 42.5 Å². The van der Waals surface area contributed by atoms with Crippen molar-refractivity contribution in [2.24, 2.45) is 11.5 Å². The molecule has 3 aliphatic rings. The molecule has 0 bridgehead atoms. The van der Waals surface area contributed by atoms with E-state index in [1.807, 2.05) is 0 Å². The first-order valence-electron chi connectivity index (χ1n) is 21.6. The predicted molar refractivity (Wildman–Crippen MR) is 261 cm³/mol. The van der Waals surface area contributed by atoms with Crippen LogP contribution in [0, 0.1) is 0 Å². The highest BCUT2D eigenvalue weighted by molar-refractivity contribution is 7.80. The van der Waals surface area contributed by atoms with Gasteiger partial charge in [0, 0.05) is 76.5 Å². The lowest BCUT2D eigenvalue weighted by atomic mass is 9.90. The van der Waals surface area contributed by atoms with Gasteiger partial charge in [0.05, 0.1) is 17.7 Å². The van der Waals surface area contributed by atoms with Gasteiger partial charge < -0.3 is 68.4 Å². The number of unbranched alkanes of at least 4 members (excludes halogenated alkanes) is 1. The van der Waals surface area contributed by atoms with Crippen LogP contribution in [0.2, 0.25) is 0 Å². The average molecular weight is 958 g/mol. The van der Waals surface area contributed by atoms with Crippen LogP contribution in [0.15, 0.2) is 100 Å². The number of thiocarbonyl (C=S) groups is 1. The van der Waals surface area contributed by atoms with Crippen molar-refractivity contribution < 1.29 is 48.5 Å². The van der Waals surface area contributed by atoms with Gasteiger partial charge in [0.2, 0.25) is 23.6 Å². The highest BCUT2D eigenvalue weighted by Crippen LogP contribution is 2.42. The van der Waals surface area contributed by atoms with Crippen LogP contribution in [0.1, 0.15) is 62.3 Å². The van der Waals surface area contributed by atoms with Crippen LogP contribution in [-0.2, 0) is 20.9 Å². The fraction of sp³-hybridized carbons (Fsp3) is 0.208. The van der Waals surface area contributed by atoms with E-state index in [1.165, 1.54) is 48.5 Å². The lowest BCUT2D eigenvalue weighted by molar-refractivity contribution is -0.128. The topological polar surface area (TPSA) is 330 Å². The van der Waals surface area contributed by atoms with Crippen molar-refractivity contribution in [2.75, 3.05) is 41.0 Å². The Hall–Kier alpha value is -8.40. The number of phenols is 1. The third-order valence-corrected chi connectivity index (χ3v) is 11.4. The molecule has 7 rings (SSSR count). The monoisotopic (exact) mass is 957 g/mol. The van der Waals surface area contributed by atoms with Gasteiger partial charge in [-0.3, -0.25) is 28.8 Å². The van der Waals surface area contributed by atoms with Crippen molar-refractivity contribution in [3.63, 3.8) is 0 Å². The van der Waals surface area contributed by atoms with E-state index in [0.717, 1.165) is 0 Å². The number of rotatable bonds is 13. The molecule has 0 saturated carbocycles. The maximum atomic E-state index is 14.0.